The first-order chi connectivity index (χ1) is 7.72. The molecule has 0 aliphatic carbocycles. The van der Waals surface area contributed by atoms with E-state index in [0.29, 0.717) is 11.5 Å². The summed E-state index contributed by atoms with van der Waals surface area (Å²) in [6.45, 7) is 5.60. The first kappa shape index (κ1) is 12.0. The molecular formula is C11H15N5. The van der Waals surface area contributed by atoms with Crippen molar-refractivity contribution in [3.8, 4) is 0 Å². The molecule has 0 unspecified atom stereocenters. The van der Waals surface area contributed by atoms with Gasteiger partial charge in [0.25, 0.3) is 0 Å². The molecule has 1 heterocycles. The fraction of sp³-hybridized carbons (Fsp3) is 0.273. The van der Waals surface area contributed by atoms with Gasteiger partial charge in [0.1, 0.15) is 5.70 Å². The Labute approximate surface area is 94.5 Å². The molecule has 84 valence electrons. The fourth-order valence-corrected chi connectivity index (χ4v) is 1.16. The fourth-order valence-electron chi connectivity index (χ4n) is 1.16. The maximum Gasteiger partial charge on any atom is 0.151 e. The zero-order valence-corrected chi connectivity index (χ0v) is 9.65. The summed E-state index contributed by atoms with van der Waals surface area (Å²) in [7, 11) is 0. The van der Waals surface area contributed by atoms with E-state index in [1.54, 1.807) is 18.5 Å². The first-order valence-corrected chi connectivity index (χ1v) is 4.98. The average molecular weight is 217 g/mol. The summed E-state index contributed by atoms with van der Waals surface area (Å²) in [6.07, 6.45) is 6.97. The van der Waals surface area contributed by atoms with Gasteiger partial charge in [0, 0.05) is 6.20 Å². The summed E-state index contributed by atoms with van der Waals surface area (Å²) in [4.78, 5) is 11.4. The predicted octanol–water partition coefficient (Wildman–Crippen LogP) is 3.14. The van der Waals surface area contributed by atoms with Crippen LogP contribution in [0.5, 0.6) is 0 Å². The van der Waals surface area contributed by atoms with Crippen LogP contribution in [0.3, 0.4) is 0 Å². The van der Waals surface area contributed by atoms with Crippen molar-refractivity contribution < 1.29 is 0 Å². The number of allylic oxidation sites excluding steroid dienone is 2. The Bertz CT molecular complexity index is 451. The number of nitrogens with zero attached hydrogens (tertiary/aromatic N) is 3. The van der Waals surface area contributed by atoms with E-state index in [-0.39, 0.29) is 0 Å². The highest BCUT2D eigenvalue weighted by Crippen LogP contribution is 2.13. The van der Waals surface area contributed by atoms with Gasteiger partial charge in [-0.2, -0.15) is 5.11 Å². The lowest BCUT2D eigenvalue weighted by Crippen LogP contribution is -1.96. The number of nitrogens with one attached hydrogen (secondary N) is 2. The van der Waals surface area contributed by atoms with Crippen LogP contribution in [-0.4, -0.2) is 15.7 Å². The Morgan fingerprint density at radius 3 is 2.81 bits per heavy atom. The SMILES string of the molecule is C/C=C\N=C(C)c1ncc(/C(=C/C)N=N)[nH]1. The second kappa shape index (κ2) is 5.75. The minimum absolute atomic E-state index is 0.567. The van der Waals surface area contributed by atoms with Gasteiger partial charge in [0.15, 0.2) is 5.82 Å². The number of imidazole rings is 1. The monoisotopic (exact) mass is 217 g/mol. The van der Waals surface area contributed by atoms with Crippen molar-refractivity contribution in [2.45, 2.75) is 20.8 Å². The number of H-pyrrole nitrogens is 1. The summed E-state index contributed by atoms with van der Waals surface area (Å²) >= 11 is 0. The summed E-state index contributed by atoms with van der Waals surface area (Å²) in [6, 6.07) is 0. The van der Waals surface area contributed by atoms with Crippen LogP contribution in [0.2, 0.25) is 0 Å². The van der Waals surface area contributed by atoms with Crippen molar-refractivity contribution in [2.24, 2.45) is 10.1 Å². The molecule has 0 bridgehead atoms. The molecule has 0 atom stereocenters. The number of aromatic amines is 1. The van der Waals surface area contributed by atoms with E-state index in [0.717, 1.165) is 11.4 Å². The van der Waals surface area contributed by atoms with Crippen molar-refractivity contribution in [1.29, 1.82) is 5.53 Å². The van der Waals surface area contributed by atoms with E-state index in [1.165, 1.54) is 0 Å². The van der Waals surface area contributed by atoms with E-state index < -0.39 is 0 Å². The topological polar surface area (TPSA) is 77.2 Å². The second-order valence-corrected chi connectivity index (χ2v) is 3.13. The average Bonchev–Trinajstić information content (AvgIpc) is 2.77. The van der Waals surface area contributed by atoms with Crippen LogP contribution in [0, 0.1) is 5.53 Å². The van der Waals surface area contributed by atoms with Gasteiger partial charge in [0.2, 0.25) is 0 Å². The lowest BCUT2D eigenvalue weighted by atomic mass is 10.3. The second-order valence-electron chi connectivity index (χ2n) is 3.13. The molecule has 1 rings (SSSR count). The van der Waals surface area contributed by atoms with Gasteiger partial charge in [-0.15, -0.1) is 0 Å². The molecule has 0 aromatic carbocycles. The molecule has 1 aromatic heterocycles. The van der Waals surface area contributed by atoms with Crippen LogP contribution >= 0.6 is 0 Å². The lowest BCUT2D eigenvalue weighted by molar-refractivity contribution is 1.13. The quantitative estimate of drug-likeness (QED) is 0.589. The van der Waals surface area contributed by atoms with Crippen molar-refractivity contribution >= 4 is 11.4 Å². The molecule has 0 fully saturated rings. The van der Waals surface area contributed by atoms with Crippen molar-refractivity contribution in [2.75, 3.05) is 0 Å². The van der Waals surface area contributed by atoms with Crippen LogP contribution in [0.4, 0.5) is 0 Å². The molecule has 5 nitrogen and oxygen atoms in total. The van der Waals surface area contributed by atoms with Crippen molar-refractivity contribution in [3.05, 3.63) is 36.1 Å². The third-order valence-corrected chi connectivity index (χ3v) is 2.01. The van der Waals surface area contributed by atoms with Gasteiger partial charge in [0.05, 0.1) is 17.6 Å². The van der Waals surface area contributed by atoms with Gasteiger partial charge in [-0.25, -0.2) is 10.5 Å². The molecule has 0 saturated carbocycles. The number of hydrogen-bond acceptors (Lipinski definition) is 4. The van der Waals surface area contributed by atoms with Crippen molar-refractivity contribution in [3.63, 3.8) is 0 Å². The minimum atomic E-state index is 0.567. The molecular weight excluding hydrogens is 202 g/mol. The smallest absolute Gasteiger partial charge is 0.151 e. The highest BCUT2D eigenvalue weighted by atomic mass is 15.0. The molecule has 0 spiro atoms. The number of aromatic nitrogens is 2. The van der Waals surface area contributed by atoms with E-state index in [1.807, 2.05) is 26.8 Å². The molecule has 0 amide bonds. The number of rotatable bonds is 4. The maximum absolute atomic E-state index is 6.99. The summed E-state index contributed by atoms with van der Waals surface area (Å²) in [5.41, 5.74) is 9.08. The Hall–Kier alpha value is -2.04. The zero-order chi connectivity index (χ0) is 12.0. The highest BCUT2D eigenvalue weighted by molar-refractivity contribution is 5.96. The van der Waals surface area contributed by atoms with Crippen LogP contribution in [-0.2, 0) is 0 Å². The molecule has 0 radical (unpaired) electrons. The third-order valence-electron chi connectivity index (χ3n) is 2.01. The lowest BCUT2D eigenvalue weighted by Gasteiger charge is -1.94. The molecule has 0 aliphatic rings. The number of hydrogen-bond donors (Lipinski definition) is 2. The minimum Gasteiger partial charge on any atom is -0.336 e. The standard InChI is InChI=1S/C11H15N5/c1-4-6-13-8(3)11-14-7-10(15-11)9(5-2)16-12/h4-7,12H,1-3H3,(H,14,15)/b6-4-,9-5-,13-8?,16-12?. The molecule has 16 heavy (non-hydrogen) atoms. The molecule has 5 heteroatoms. The van der Waals surface area contributed by atoms with E-state index >= 15 is 0 Å². The number of aliphatic imine (C=N–C) groups is 1. The van der Waals surface area contributed by atoms with Crippen LogP contribution in [0.1, 0.15) is 32.3 Å². The van der Waals surface area contributed by atoms with E-state index in [9.17, 15) is 0 Å². The zero-order valence-electron chi connectivity index (χ0n) is 9.65. The van der Waals surface area contributed by atoms with Crippen LogP contribution < -0.4 is 0 Å². The van der Waals surface area contributed by atoms with Gasteiger partial charge in [-0.05, 0) is 20.8 Å². The Balaban J connectivity index is 2.99. The molecule has 1 aromatic rings. The Kier molecular flexibility index (Phi) is 4.32. The molecule has 0 aliphatic heterocycles. The van der Waals surface area contributed by atoms with Gasteiger partial charge in [-0.3, -0.25) is 4.99 Å². The Morgan fingerprint density at radius 1 is 1.50 bits per heavy atom. The maximum atomic E-state index is 6.99. The van der Waals surface area contributed by atoms with Gasteiger partial charge < -0.3 is 4.98 Å². The van der Waals surface area contributed by atoms with E-state index in [2.05, 4.69) is 20.1 Å². The molecule has 2 N–H and O–H groups in total. The predicted molar refractivity (Wildman–Crippen MR) is 64.4 cm³/mol. The summed E-state index contributed by atoms with van der Waals surface area (Å²) in [5, 5.41) is 3.40. The van der Waals surface area contributed by atoms with Crippen LogP contribution in [0.25, 0.3) is 5.70 Å². The third kappa shape index (κ3) is 2.73. The normalized spacial score (nSPS) is 13.4. The van der Waals surface area contributed by atoms with Crippen LogP contribution in [0.15, 0.2) is 34.7 Å². The first-order valence-electron chi connectivity index (χ1n) is 4.98. The summed E-state index contributed by atoms with van der Waals surface area (Å²) in [5.74, 6) is 0.691. The van der Waals surface area contributed by atoms with Gasteiger partial charge in [-0.1, -0.05) is 12.2 Å². The molecule has 0 saturated heterocycles. The summed E-state index contributed by atoms with van der Waals surface area (Å²) < 4.78 is 0. The van der Waals surface area contributed by atoms with Crippen molar-refractivity contribution in [1.82, 2.24) is 9.97 Å². The van der Waals surface area contributed by atoms with Gasteiger partial charge >= 0.3 is 0 Å². The highest BCUT2D eigenvalue weighted by Gasteiger charge is 2.06. The van der Waals surface area contributed by atoms with E-state index in [4.69, 9.17) is 5.53 Å². The largest absolute Gasteiger partial charge is 0.336 e. The Morgan fingerprint density at radius 2 is 2.25 bits per heavy atom.